The molecular weight excluding hydrogens is 262 g/mol. The molecule has 0 saturated carbocycles. The molecule has 0 aliphatic rings. The van der Waals surface area contributed by atoms with E-state index in [0.29, 0.717) is 0 Å². The van der Waals surface area contributed by atoms with E-state index in [9.17, 15) is 13.0 Å². The first-order chi connectivity index (χ1) is 6.57. The molecule has 0 aromatic heterocycles. The third kappa shape index (κ3) is 4.98. The molecule has 0 bridgehead atoms. The number of fused-ring (bicyclic) bond motifs is 1. The minimum absolute atomic E-state index is 0. The molecule has 0 heterocycles. The van der Waals surface area contributed by atoms with Crippen LogP contribution in [0.1, 0.15) is 0 Å². The zero-order valence-corrected chi connectivity index (χ0v) is 14.4. The largest absolute Gasteiger partial charge is 1.00 e. The molecule has 0 saturated heterocycles. The van der Waals surface area contributed by atoms with Gasteiger partial charge in [0.2, 0.25) is 0 Å². The van der Waals surface area contributed by atoms with Gasteiger partial charge in [-0.1, -0.05) is 12.1 Å². The fraction of sp³-hybridized carbons (Fsp3) is 0. The van der Waals surface area contributed by atoms with Crippen molar-refractivity contribution in [3.8, 4) is 0 Å². The van der Waals surface area contributed by atoms with Crippen molar-refractivity contribution in [1.82, 2.24) is 0 Å². The first kappa shape index (κ1) is 19.9. The molecule has 7 heteroatoms. The maximum Gasteiger partial charge on any atom is 1.00 e. The maximum atomic E-state index is 10.7. The van der Waals surface area contributed by atoms with Gasteiger partial charge >= 0.3 is 59.1 Å². The van der Waals surface area contributed by atoms with Gasteiger partial charge in [-0.2, -0.15) is 24.3 Å². The molecule has 0 radical (unpaired) electrons. The van der Waals surface area contributed by atoms with Crippen LogP contribution in [0.3, 0.4) is 0 Å². The van der Waals surface area contributed by atoms with E-state index < -0.39 is 10.1 Å². The Morgan fingerprint density at radius 1 is 1.06 bits per heavy atom. The summed E-state index contributed by atoms with van der Waals surface area (Å²) in [4.78, 5) is -0.198. The summed E-state index contributed by atoms with van der Waals surface area (Å²) in [5.41, 5.74) is 0. The monoisotopic (exact) mass is 269 g/mol. The van der Waals surface area contributed by atoms with E-state index in [0.717, 1.165) is 10.8 Å². The number of hydrogen-bond donors (Lipinski definition) is 0. The second-order valence-corrected chi connectivity index (χ2v) is 4.27. The molecule has 0 spiro atoms. The first-order valence-electron chi connectivity index (χ1n) is 3.93. The SMILES string of the molecule is O=S(=O)([O-])c1ccc2c[c-]ccc2c1.[Na+].[Na+].[OH-]. The van der Waals surface area contributed by atoms with Crippen LogP contribution in [-0.4, -0.2) is 18.4 Å². The zero-order valence-electron chi connectivity index (χ0n) is 9.54. The van der Waals surface area contributed by atoms with E-state index in [-0.39, 0.29) is 69.5 Å². The van der Waals surface area contributed by atoms with Gasteiger partial charge in [-0.25, -0.2) is 8.42 Å². The van der Waals surface area contributed by atoms with E-state index in [1.165, 1.54) is 12.1 Å². The Morgan fingerprint density at radius 2 is 1.71 bits per heavy atom. The van der Waals surface area contributed by atoms with Crippen molar-refractivity contribution >= 4 is 20.9 Å². The molecule has 4 nitrogen and oxygen atoms in total. The van der Waals surface area contributed by atoms with Crippen molar-refractivity contribution in [2.24, 2.45) is 0 Å². The van der Waals surface area contributed by atoms with Crippen molar-refractivity contribution in [3.63, 3.8) is 0 Å². The fourth-order valence-electron chi connectivity index (χ4n) is 1.26. The molecule has 17 heavy (non-hydrogen) atoms. The van der Waals surface area contributed by atoms with Crippen molar-refractivity contribution < 1.29 is 77.6 Å². The predicted molar refractivity (Wildman–Crippen MR) is 52.7 cm³/mol. The second kappa shape index (κ2) is 7.89. The Labute approximate surface area is 144 Å². The Morgan fingerprint density at radius 3 is 2.29 bits per heavy atom. The average Bonchev–Trinajstić information content (AvgIpc) is 2.16. The van der Waals surface area contributed by atoms with Gasteiger partial charge in [0.1, 0.15) is 10.1 Å². The van der Waals surface area contributed by atoms with Gasteiger partial charge in [0.25, 0.3) is 0 Å². The molecule has 2 rings (SSSR count). The van der Waals surface area contributed by atoms with Crippen LogP contribution in [0.5, 0.6) is 0 Å². The topological polar surface area (TPSA) is 87.2 Å². The van der Waals surface area contributed by atoms with Gasteiger partial charge in [0.15, 0.2) is 0 Å². The molecule has 0 aliphatic carbocycles. The minimum atomic E-state index is -4.35. The summed E-state index contributed by atoms with van der Waals surface area (Å²) in [5.74, 6) is 0. The number of hydrogen-bond acceptors (Lipinski definition) is 4. The van der Waals surface area contributed by atoms with Gasteiger partial charge in [-0.3, -0.25) is 0 Å². The van der Waals surface area contributed by atoms with E-state index >= 15 is 0 Å². The summed E-state index contributed by atoms with van der Waals surface area (Å²) < 4.78 is 32.1. The van der Waals surface area contributed by atoms with Crippen LogP contribution in [0.25, 0.3) is 10.8 Å². The van der Waals surface area contributed by atoms with Crippen LogP contribution in [0, 0.1) is 6.07 Å². The van der Waals surface area contributed by atoms with E-state index in [1.807, 2.05) is 0 Å². The van der Waals surface area contributed by atoms with Crippen LogP contribution in [0.15, 0.2) is 41.3 Å². The molecule has 0 atom stereocenters. The number of rotatable bonds is 1. The van der Waals surface area contributed by atoms with Gasteiger partial charge in [0, 0.05) is 0 Å². The van der Waals surface area contributed by atoms with Crippen molar-refractivity contribution in [1.29, 1.82) is 0 Å². The predicted octanol–water partition coefficient (Wildman–Crippen LogP) is -4.62. The van der Waals surface area contributed by atoms with Gasteiger partial charge in [0.05, 0.1) is 4.90 Å². The third-order valence-electron chi connectivity index (χ3n) is 1.94. The van der Waals surface area contributed by atoms with Crippen molar-refractivity contribution in [2.45, 2.75) is 4.90 Å². The van der Waals surface area contributed by atoms with E-state index in [4.69, 9.17) is 0 Å². The van der Waals surface area contributed by atoms with E-state index in [1.54, 1.807) is 24.3 Å². The Hall–Kier alpha value is 0.570. The zero-order chi connectivity index (χ0) is 10.2. The normalized spacial score (nSPS) is 9.71. The average molecular weight is 269 g/mol. The molecule has 2 aromatic carbocycles. The number of benzene rings is 2. The quantitative estimate of drug-likeness (QED) is 0.296. The van der Waals surface area contributed by atoms with Crippen LogP contribution in [0.4, 0.5) is 0 Å². The Kier molecular flexibility index (Phi) is 9.23. The van der Waals surface area contributed by atoms with Crippen LogP contribution in [0.2, 0.25) is 0 Å². The molecule has 0 fully saturated rings. The second-order valence-electron chi connectivity index (χ2n) is 2.89. The summed E-state index contributed by atoms with van der Waals surface area (Å²) in [6.45, 7) is 0. The molecule has 0 amide bonds. The summed E-state index contributed by atoms with van der Waals surface area (Å²) >= 11 is 0. The van der Waals surface area contributed by atoms with E-state index in [2.05, 4.69) is 6.07 Å². The molecule has 80 valence electrons. The smallest absolute Gasteiger partial charge is 0.870 e. The van der Waals surface area contributed by atoms with Crippen molar-refractivity contribution in [3.05, 3.63) is 42.5 Å². The van der Waals surface area contributed by atoms with Crippen LogP contribution < -0.4 is 59.1 Å². The first-order valence-corrected chi connectivity index (χ1v) is 5.34. The van der Waals surface area contributed by atoms with Crippen molar-refractivity contribution in [2.75, 3.05) is 0 Å². The standard InChI is InChI=1S/C10H7O3S.2Na.H2O/c11-14(12,13)10-6-5-8-3-1-2-4-9(8)7-10;;;/h2-7H,(H,11,12,13);;;1H2/q-1;2*+1;/p-2. The Balaban J connectivity index is 0. The molecule has 2 aromatic rings. The summed E-state index contributed by atoms with van der Waals surface area (Å²) in [6, 6.07) is 12.2. The molecule has 1 N–H and O–H groups in total. The summed E-state index contributed by atoms with van der Waals surface area (Å²) in [6.07, 6.45) is 0. The molecular formula is C10H7Na2O4S-. The molecule has 0 unspecified atom stereocenters. The van der Waals surface area contributed by atoms with Gasteiger partial charge < -0.3 is 10.0 Å². The summed E-state index contributed by atoms with van der Waals surface area (Å²) in [5, 5.41) is 1.58. The summed E-state index contributed by atoms with van der Waals surface area (Å²) in [7, 11) is -4.35. The maximum absolute atomic E-state index is 10.7. The van der Waals surface area contributed by atoms with Gasteiger partial charge in [-0.15, -0.1) is 16.8 Å². The van der Waals surface area contributed by atoms with Crippen LogP contribution >= 0.6 is 0 Å². The Bertz CT molecular complexity index is 584. The third-order valence-corrected chi connectivity index (χ3v) is 2.78. The molecule has 0 aliphatic heterocycles. The van der Waals surface area contributed by atoms with Crippen LogP contribution in [-0.2, 0) is 10.1 Å². The fourth-order valence-corrected chi connectivity index (χ4v) is 1.77. The van der Waals surface area contributed by atoms with Gasteiger partial charge in [-0.05, 0) is 0 Å². The minimum Gasteiger partial charge on any atom is -0.870 e.